The van der Waals surface area contributed by atoms with E-state index in [-0.39, 0.29) is 18.2 Å². The van der Waals surface area contributed by atoms with E-state index < -0.39 is 5.82 Å². The number of ether oxygens (including phenoxy) is 2. The molecule has 7 nitrogen and oxygen atoms in total. The van der Waals surface area contributed by atoms with E-state index in [4.69, 9.17) is 15.2 Å². The number of nitrogen functional groups attached to an aromatic ring is 1. The summed E-state index contributed by atoms with van der Waals surface area (Å²) in [5, 5.41) is 5.98. The molecule has 0 aliphatic carbocycles. The standard InChI is InChI=1S/C17H13BrFN5O2/c18-9-1-3-12(11(19)5-9)24-17-15(20)16(21-7-22-17)23-10-2-4-13-14(6-10)26-8-25-13/h1-7H,8,20H2,(H2,21,22,23,24). The van der Waals surface area contributed by atoms with Gasteiger partial charge in [-0.25, -0.2) is 14.4 Å². The van der Waals surface area contributed by atoms with Gasteiger partial charge in [0.05, 0.1) is 5.69 Å². The second-order valence-corrected chi connectivity index (χ2v) is 6.34. The SMILES string of the molecule is Nc1c(Nc2ccc3c(c2)OCO3)ncnc1Nc1ccc(Br)cc1F. The van der Waals surface area contributed by atoms with Crippen molar-refractivity contribution in [1.29, 1.82) is 0 Å². The average Bonchev–Trinajstić information content (AvgIpc) is 3.08. The first-order chi connectivity index (χ1) is 12.6. The number of fused-ring (bicyclic) bond motifs is 1. The Morgan fingerprint density at radius 1 is 1.00 bits per heavy atom. The van der Waals surface area contributed by atoms with Crippen molar-refractivity contribution in [2.75, 3.05) is 23.2 Å². The Bertz CT molecular complexity index is 985. The number of hydrogen-bond donors (Lipinski definition) is 3. The van der Waals surface area contributed by atoms with Crippen LogP contribution in [0.15, 0.2) is 47.2 Å². The van der Waals surface area contributed by atoms with Gasteiger partial charge in [-0.2, -0.15) is 0 Å². The molecule has 0 unspecified atom stereocenters. The van der Waals surface area contributed by atoms with Crippen LogP contribution in [-0.2, 0) is 0 Å². The third-order valence-corrected chi connectivity index (χ3v) is 4.20. The van der Waals surface area contributed by atoms with Gasteiger partial charge in [0, 0.05) is 16.2 Å². The molecule has 2 heterocycles. The van der Waals surface area contributed by atoms with Crippen LogP contribution in [0.1, 0.15) is 0 Å². The van der Waals surface area contributed by atoms with Crippen LogP contribution in [0.3, 0.4) is 0 Å². The summed E-state index contributed by atoms with van der Waals surface area (Å²) in [4.78, 5) is 8.23. The van der Waals surface area contributed by atoms with Crippen LogP contribution in [0, 0.1) is 5.82 Å². The number of nitrogens with zero attached hydrogens (tertiary/aromatic N) is 2. The van der Waals surface area contributed by atoms with Gasteiger partial charge in [0.25, 0.3) is 0 Å². The summed E-state index contributed by atoms with van der Waals surface area (Å²) in [6, 6.07) is 10.0. The maximum Gasteiger partial charge on any atom is 0.231 e. The highest BCUT2D eigenvalue weighted by atomic mass is 79.9. The van der Waals surface area contributed by atoms with Crippen LogP contribution in [0.4, 0.5) is 33.1 Å². The summed E-state index contributed by atoms with van der Waals surface area (Å²) >= 11 is 3.22. The quantitative estimate of drug-likeness (QED) is 0.585. The number of rotatable bonds is 4. The van der Waals surface area contributed by atoms with E-state index in [1.807, 2.05) is 6.07 Å². The first kappa shape index (κ1) is 16.4. The number of aromatic nitrogens is 2. The lowest BCUT2D eigenvalue weighted by Gasteiger charge is -2.13. The fourth-order valence-electron chi connectivity index (χ4n) is 2.42. The minimum absolute atomic E-state index is 0.196. The molecule has 0 spiro atoms. The number of benzene rings is 2. The molecular weight excluding hydrogens is 405 g/mol. The fraction of sp³-hybridized carbons (Fsp3) is 0.0588. The van der Waals surface area contributed by atoms with E-state index in [0.29, 0.717) is 27.6 Å². The van der Waals surface area contributed by atoms with Crippen LogP contribution in [0.2, 0.25) is 0 Å². The second kappa shape index (κ2) is 6.68. The van der Waals surface area contributed by atoms with E-state index in [0.717, 1.165) is 5.69 Å². The van der Waals surface area contributed by atoms with Crippen molar-refractivity contribution in [3.63, 3.8) is 0 Å². The largest absolute Gasteiger partial charge is 0.454 e. The topological polar surface area (TPSA) is 94.3 Å². The minimum Gasteiger partial charge on any atom is -0.454 e. The molecule has 4 N–H and O–H groups in total. The van der Waals surface area contributed by atoms with E-state index in [9.17, 15) is 4.39 Å². The molecule has 0 saturated carbocycles. The first-order valence-corrected chi connectivity index (χ1v) is 8.38. The van der Waals surface area contributed by atoms with Gasteiger partial charge in [-0.1, -0.05) is 15.9 Å². The number of nitrogens with one attached hydrogen (secondary N) is 2. The Morgan fingerprint density at radius 3 is 2.58 bits per heavy atom. The summed E-state index contributed by atoms with van der Waals surface area (Å²) < 4.78 is 25.3. The Hall–Kier alpha value is -3.07. The average molecular weight is 418 g/mol. The molecule has 0 saturated heterocycles. The highest BCUT2D eigenvalue weighted by Crippen LogP contribution is 2.36. The summed E-state index contributed by atoms with van der Waals surface area (Å²) in [5.41, 5.74) is 7.37. The third-order valence-electron chi connectivity index (χ3n) is 3.70. The zero-order chi connectivity index (χ0) is 18.1. The van der Waals surface area contributed by atoms with Crippen LogP contribution in [0.5, 0.6) is 11.5 Å². The summed E-state index contributed by atoms with van der Waals surface area (Å²) in [6.07, 6.45) is 1.34. The molecule has 1 aromatic heterocycles. The minimum atomic E-state index is -0.428. The molecule has 4 rings (SSSR count). The second-order valence-electron chi connectivity index (χ2n) is 5.43. The van der Waals surface area contributed by atoms with Crippen molar-refractivity contribution in [3.05, 3.63) is 53.0 Å². The smallest absolute Gasteiger partial charge is 0.231 e. The predicted octanol–water partition coefficient (Wildman–Crippen LogP) is 4.18. The molecule has 9 heteroatoms. The normalized spacial score (nSPS) is 12.1. The van der Waals surface area contributed by atoms with E-state index in [1.165, 1.54) is 12.4 Å². The lowest BCUT2D eigenvalue weighted by Crippen LogP contribution is -2.06. The molecule has 0 fully saturated rings. The monoisotopic (exact) mass is 417 g/mol. The molecule has 132 valence electrons. The first-order valence-electron chi connectivity index (χ1n) is 7.59. The molecule has 0 atom stereocenters. The van der Waals surface area contributed by atoms with Crippen molar-refractivity contribution in [3.8, 4) is 11.5 Å². The van der Waals surface area contributed by atoms with Crippen molar-refractivity contribution in [2.45, 2.75) is 0 Å². The van der Waals surface area contributed by atoms with E-state index in [1.54, 1.807) is 24.3 Å². The summed E-state index contributed by atoms with van der Waals surface area (Å²) in [5.74, 6) is 1.57. The van der Waals surface area contributed by atoms with Gasteiger partial charge < -0.3 is 25.8 Å². The van der Waals surface area contributed by atoms with Crippen molar-refractivity contribution in [1.82, 2.24) is 9.97 Å². The Balaban J connectivity index is 1.59. The Morgan fingerprint density at radius 2 is 1.77 bits per heavy atom. The van der Waals surface area contributed by atoms with Crippen molar-refractivity contribution < 1.29 is 13.9 Å². The molecule has 0 bridgehead atoms. The number of halogens is 2. The fourth-order valence-corrected chi connectivity index (χ4v) is 2.76. The number of nitrogens with two attached hydrogens (primary N) is 1. The lowest BCUT2D eigenvalue weighted by molar-refractivity contribution is 0.174. The molecule has 2 aromatic carbocycles. The Labute approximate surface area is 156 Å². The summed E-state index contributed by atoms with van der Waals surface area (Å²) in [6.45, 7) is 0.196. The molecule has 3 aromatic rings. The van der Waals surface area contributed by atoms with E-state index in [2.05, 4.69) is 36.5 Å². The third kappa shape index (κ3) is 3.21. The van der Waals surface area contributed by atoms with Gasteiger partial charge in [0.15, 0.2) is 23.1 Å². The number of anilines is 5. The van der Waals surface area contributed by atoms with Gasteiger partial charge in [-0.3, -0.25) is 0 Å². The molecule has 1 aliphatic rings. The van der Waals surface area contributed by atoms with Crippen LogP contribution in [-0.4, -0.2) is 16.8 Å². The highest BCUT2D eigenvalue weighted by molar-refractivity contribution is 9.10. The zero-order valence-corrected chi connectivity index (χ0v) is 14.9. The van der Waals surface area contributed by atoms with Gasteiger partial charge >= 0.3 is 0 Å². The molecule has 0 amide bonds. The molecule has 0 radical (unpaired) electrons. The van der Waals surface area contributed by atoms with Crippen LogP contribution < -0.4 is 25.8 Å². The van der Waals surface area contributed by atoms with Crippen LogP contribution >= 0.6 is 15.9 Å². The molecule has 1 aliphatic heterocycles. The van der Waals surface area contributed by atoms with Crippen molar-refractivity contribution in [2.24, 2.45) is 0 Å². The number of hydrogen-bond acceptors (Lipinski definition) is 7. The Kier molecular flexibility index (Phi) is 4.21. The molecular formula is C17H13BrFN5O2. The van der Waals surface area contributed by atoms with Gasteiger partial charge in [-0.05, 0) is 30.3 Å². The van der Waals surface area contributed by atoms with Gasteiger partial charge in [0.1, 0.15) is 17.8 Å². The van der Waals surface area contributed by atoms with E-state index >= 15 is 0 Å². The summed E-state index contributed by atoms with van der Waals surface area (Å²) in [7, 11) is 0. The van der Waals surface area contributed by atoms with Crippen LogP contribution in [0.25, 0.3) is 0 Å². The highest BCUT2D eigenvalue weighted by Gasteiger charge is 2.15. The predicted molar refractivity (Wildman–Crippen MR) is 99.7 cm³/mol. The zero-order valence-electron chi connectivity index (χ0n) is 13.3. The maximum atomic E-state index is 14.0. The van der Waals surface area contributed by atoms with Crippen molar-refractivity contribution >= 4 is 44.6 Å². The lowest BCUT2D eigenvalue weighted by atomic mass is 10.2. The van der Waals surface area contributed by atoms with Gasteiger partial charge in [0.2, 0.25) is 6.79 Å². The molecule has 26 heavy (non-hydrogen) atoms. The maximum absolute atomic E-state index is 14.0. The van der Waals surface area contributed by atoms with Gasteiger partial charge in [-0.15, -0.1) is 0 Å².